The summed E-state index contributed by atoms with van der Waals surface area (Å²) in [5.74, 6) is 4.27. The quantitative estimate of drug-likeness (QED) is 0.223. The Hall–Kier alpha value is -0.660. The van der Waals surface area contributed by atoms with E-state index >= 15 is 0 Å². The fraction of sp³-hybridized carbons (Fsp3) is 0.933. The number of hydrogen-bond acceptors (Lipinski definition) is 2. The minimum atomic E-state index is -0.252. The Kier molecular flexibility index (Phi) is 11.3. The summed E-state index contributed by atoms with van der Waals surface area (Å²) in [6.45, 7) is 4.49. The molecule has 2 heteroatoms. The van der Waals surface area contributed by atoms with Crippen molar-refractivity contribution in [2.24, 2.45) is 35.5 Å². The molecule has 0 amide bonds. The Morgan fingerprint density at radius 2 is 1.25 bits per heavy atom. The molecule has 0 aliphatic heterocycles. The molecule has 3 saturated carbocycles. The average molecular weight is 445 g/mol. The smallest absolute Gasteiger partial charge is 0.143 e. The van der Waals surface area contributed by atoms with E-state index in [1.807, 2.05) is 0 Å². The van der Waals surface area contributed by atoms with Gasteiger partial charge in [-0.25, -0.2) is 0 Å². The van der Waals surface area contributed by atoms with Gasteiger partial charge >= 0.3 is 0 Å². The fourth-order valence-electron chi connectivity index (χ4n) is 7.36. The lowest BCUT2D eigenvalue weighted by Gasteiger charge is -2.38. The Balaban J connectivity index is 1.30. The molecule has 3 fully saturated rings. The average Bonchev–Trinajstić information content (AvgIpc) is 2.80. The summed E-state index contributed by atoms with van der Waals surface area (Å²) in [4.78, 5) is 25.4. The van der Waals surface area contributed by atoms with Gasteiger partial charge < -0.3 is 0 Å². The predicted octanol–water partition coefficient (Wildman–Crippen LogP) is 8.70. The predicted molar refractivity (Wildman–Crippen MR) is 135 cm³/mol. The molecule has 0 radical (unpaired) electrons. The molecule has 2 atom stereocenters. The van der Waals surface area contributed by atoms with Crippen LogP contribution in [0, 0.1) is 35.5 Å². The lowest BCUT2D eigenvalue weighted by molar-refractivity contribution is -0.136. The van der Waals surface area contributed by atoms with Gasteiger partial charge in [-0.3, -0.25) is 9.59 Å². The van der Waals surface area contributed by atoms with Crippen molar-refractivity contribution in [1.29, 1.82) is 0 Å². The molecule has 0 bridgehead atoms. The summed E-state index contributed by atoms with van der Waals surface area (Å²) in [6, 6.07) is 0. The monoisotopic (exact) mass is 444 g/mol. The van der Waals surface area contributed by atoms with Crippen LogP contribution < -0.4 is 0 Å². The van der Waals surface area contributed by atoms with Gasteiger partial charge in [0.15, 0.2) is 0 Å². The number of ketones is 2. The molecule has 2 nitrogen and oxygen atoms in total. The molecule has 3 rings (SSSR count). The first-order valence-electron chi connectivity index (χ1n) is 14.7. The number of unbranched alkanes of at least 4 members (excludes halogenated alkanes) is 4. The van der Waals surface area contributed by atoms with E-state index in [2.05, 4.69) is 13.8 Å². The Bertz CT molecular complexity index is 551. The van der Waals surface area contributed by atoms with Crippen LogP contribution in [-0.2, 0) is 9.59 Å². The van der Waals surface area contributed by atoms with Crippen molar-refractivity contribution in [2.45, 2.75) is 142 Å². The summed E-state index contributed by atoms with van der Waals surface area (Å²) in [5.41, 5.74) is 0. The molecule has 2 unspecified atom stereocenters. The van der Waals surface area contributed by atoms with Gasteiger partial charge in [0, 0.05) is 12.8 Å². The molecule has 32 heavy (non-hydrogen) atoms. The van der Waals surface area contributed by atoms with E-state index in [-0.39, 0.29) is 17.5 Å². The highest BCUT2D eigenvalue weighted by Crippen LogP contribution is 2.43. The molecule has 0 aromatic heterocycles. The van der Waals surface area contributed by atoms with Crippen LogP contribution in [-0.4, -0.2) is 11.6 Å². The first kappa shape index (κ1) is 26.0. The molecular formula is C30H52O2. The maximum Gasteiger partial charge on any atom is 0.143 e. The van der Waals surface area contributed by atoms with Crippen LogP contribution in [0.25, 0.3) is 0 Å². The first-order valence-corrected chi connectivity index (χ1v) is 14.7. The number of rotatable bonds is 12. The largest absolute Gasteiger partial charge is 0.299 e. The fourth-order valence-corrected chi connectivity index (χ4v) is 7.36. The van der Waals surface area contributed by atoms with E-state index in [4.69, 9.17) is 0 Å². The second-order valence-electron chi connectivity index (χ2n) is 11.9. The SMILES string of the molecule is CCCCCCCC1CCC(C2CCC(CC(=O)C3CCC(CCC)CC3=O)CC2)CC1. The van der Waals surface area contributed by atoms with Crippen LogP contribution in [0.4, 0.5) is 0 Å². The van der Waals surface area contributed by atoms with E-state index in [1.54, 1.807) is 0 Å². The second-order valence-corrected chi connectivity index (χ2v) is 11.9. The zero-order valence-electron chi connectivity index (χ0n) is 21.4. The normalized spacial score (nSPS) is 33.9. The summed E-state index contributed by atoms with van der Waals surface area (Å²) >= 11 is 0. The van der Waals surface area contributed by atoms with Gasteiger partial charge in [0.2, 0.25) is 0 Å². The van der Waals surface area contributed by atoms with Crippen molar-refractivity contribution in [3.63, 3.8) is 0 Å². The lowest BCUT2D eigenvalue weighted by atomic mass is 9.67. The molecule has 0 spiro atoms. The summed E-state index contributed by atoms with van der Waals surface area (Å²) in [7, 11) is 0. The van der Waals surface area contributed by atoms with Gasteiger partial charge in [0.05, 0.1) is 5.92 Å². The number of hydrogen-bond donors (Lipinski definition) is 0. The minimum absolute atomic E-state index is 0.252. The van der Waals surface area contributed by atoms with Crippen molar-refractivity contribution < 1.29 is 9.59 Å². The summed E-state index contributed by atoms with van der Waals surface area (Å²) in [5, 5.41) is 0. The molecule has 3 aliphatic rings. The van der Waals surface area contributed by atoms with Crippen LogP contribution in [0.2, 0.25) is 0 Å². The highest BCUT2D eigenvalue weighted by Gasteiger charge is 2.36. The van der Waals surface area contributed by atoms with Gasteiger partial charge in [-0.15, -0.1) is 0 Å². The molecular weight excluding hydrogens is 392 g/mol. The molecule has 184 valence electrons. The third kappa shape index (κ3) is 7.98. The van der Waals surface area contributed by atoms with Gasteiger partial charge in [-0.05, 0) is 81.0 Å². The van der Waals surface area contributed by atoms with Crippen LogP contribution in [0.1, 0.15) is 142 Å². The number of carbonyl (C=O) groups is 2. The van der Waals surface area contributed by atoms with E-state index < -0.39 is 0 Å². The van der Waals surface area contributed by atoms with Crippen LogP contribution in [0.3, 0.4) is 0 Å². The Labute approximate surface area is 199 Å². The minimum Gasteiger partial charge on any atom is -0.299 e. The van der Waals surface area contributed by atoms with Crippen molar-refractivity contribution in [1.82, 2.24) is 0 Å². The van der Waals surface area contributed by atoms with Gasteiger partial charge in [-0.1, -0.05) is 78.1 Å². The van der Waals surface area contributed by atoms with Crippen molar-refractivity contribution in [2.75, 3.05) is 0 Å². The molecule has 0 aromatic rings. The van der Waals surface area contributed by atoms with Crippen LogP contribution >= 0.6 is 0 Å². The van der Waals surface area contributed by atoms with E-state index in [0.29, 0.717) is 24.7 Å². The molecule has 0 N–H and O–H groups in total. The van der Waals surface area contributed by atoms with Crippen molar-refractivity contribution >= 4 is 11.6 Å². The first-order chi connectivity index (χ1) is 15.6. The standard InChI is InChI=1S/C30H52O2/c1-3-5-6-7-8-10-23-11-16-26(17-12-23)27-18-13-25(14-19-27)22-30(32)28-20-15-24(9-4-2)21-29(28)31/h23-28H,3-22H2,1-2H3. The number of Topliss-reactive ketones (excluding diaryl/α,β-unsaturated/α-hetero) is 2. The third-order valence-electron chi connectivity index (χ3n) is 9.48. The zero-order chi connectivity index (χ0) is 22.8. The third-order valence-corrected chi connectivity index (χ3v) is 9.48. The Morgan fingerprint density at radius 1 is 0.656 bits per heavy atom. The second kappa shape index (κ2) is 13.9. The highest BCUT2D eigenvalue weighted by molar-refractivity contribution is 6.02. The van der Waals surface area contributed by atoms with E-state index in [0.717, 1.165) is 43.4 Å². The van der Waals surface area contributed by atoms with E-state index in [9.17, 15) is 9.59 Å². The van der Waals surface area contributed by atoms with E-state index in [1.165, 1.54) is 89.9 Å². The van der Waals surface area contributed by atoms with Crippen LogP contribution in [0.5, 0.6) is 0 Å². The van der Waals surface area contributed by atoms with Gasteiger partial charge in [0.1, 0.15) is 11.6 Å². The van der Waals surface area contributed by atoms with Gasteiger partial charge in [0.25, 0.3) is 0 Å². The maximum atomic E-state index is 12.9. The Morgan fingerprint density at radius 3 is 1.84 bits per heavy atom. The summed E-state index contributed by atoms with van der Waals surface area (Å²) in [6.07, 6.45) is 25.1. The molecule has 0 saturated heterocycles. The van der Waals surface area contributed by atoms with Crippen molar-refractivity contribution in [3.8, 4) is 0 Å². The zero-order valence-corrected chi connectivity index (χ0v) is 21.4. The van der Waals surface area contributed by atoms with Crippen LogP contribution in [0.15, 0.2) is 0 Å². The van der Waals surface area contributed by atoms with Gasteiger partial charge in [-0.2, -0.15) is 0 Å². The molecule has 0 heterocycles. The maximum absolute atomic E-state index is 12.9. The topological polar surface area (TPSA) is 34.1 Å². The summed E-state index contributed by atoms with van der Waals surface area (Å²) < 4.78 is 0. The highest BCUT2D eigenvalue weighted by atomic mass is 16.1. The molecule has 0 aromatic carbocycles. The molecule has 3 aliphatic carbocycles. The van der Waals surface area contributed by atoms with Crippen molar-refractivity contribution in [3.05, 3.63) is 0 Å². The lowest BCUT2D eigenvalue weighted by Crippen LogP contribution is -2.33. The number of carbonyl (C=O) groups excluding carboxylic acids is 2.